The van der Waals surface area contributed by atoms with Crippen LogP contribution in [0.5, 0.6) is 5.75 Å². The van der Waals surface area contributed by atoms with Crippen molar-refractivity contribution in [2.45, 2.75) is 81.9 Å². The molecule has 2 heterocycles. The third-order valence-electron chi connectivity index (χ3n) is 8.50. The molecule has 4 atom stereocenters. The van der Waals surface area contributed by atoms with Crippen LogP contribution in [0, 0.1) is 19.8 Å². The van der Waals surface area contributed by atoms with E-state index in [1.807, 2.05) is 13.8 Å². The lowest BCUT2D eigenvalue weighted by Crippen LogP contribution is -2.48. The quantitative estimate of drug-likeness (QED) is 0.309. The van der Waals surface area contributed by atoms with Gasteiger partial charge in [-0.25, -0.2) is 16.8 Å². The highest BCUT2D eigenvalue weighted by Gasteiger charge is 2.33. The molecule has 1 aliphatic rings. The Kier molecular flexibility index (Phi) is 12.8. The highest BCUT2D eigenvalue weighted by atomic mass is 35.5. The van der Waals surface area contributed by atoms with Gasteiger partial charge in [-0.1, -0.05) is 23.7 Å². The molecule has 0 radical (unpaired) electrons. The Labute approximate surface area is 293 Å². The van der Waals surface area contributed by atoms with E-state index in [1.54, 1.807) is 13.0 Å². The summed E-state index contributed by atoms with van der Waals surface area (Å²) in [6.07, 6.45) is 1.16. The van der Waals surface area contributed by atoms with Crippen molar-refractivity contribution in [2.75, 3.05) is 38.1 Å². The van der Waals surface area contributed by atoms with Gasteiger partial charge < -0.3 is 24.0 Å². The van der Waals surface area contributed by atoms with Gasteiger partial charge in [-0.2, -0.15) is 4.31 Å². The zero-order valence-corrected chi connectivity index (χ0v) is 30.9. The van der Waals surface area contributed by atoms with Crippen molar-refractivity contribution in [3.8, 4) is 5.75 Å². The van der Waals surface area contributed by atoms with E-state index in [9.17, 15) is 26.7 Å². The SMILES string of the molecule is Cc1noc(C)c1S(=O)(=O)Nc1ccc2c(c1)C(=O)N([C@H](C)CO)C[C@H](C)[C@H](CN(C)S(=O)(=O)c1ccc(Cl)cc1)OCCCC[C@@H](C)O2. The molecule has 0 spiro atoms. The van der Waals surface area contributed by atoms with Crippen molar-refractivity contribution in [3.05, 3.63) is 64.5 Å². The predicted molar refractivity (Wildman–Crippen MR) is 185 cm³/mol. The van der Waals surface area contributed by atoms with E-state index in [-0.39, 0.29) is 64.0 Å². The number of carbonyl (C=O) groups is 1. The van der Waals surface area contributed by atoms with E-state index in [4.69, 9.17) is 25.6 Å². The predicted octanol–water partition coefficient (Wildman–Crippen LogP) is 4.86. The van der Waals surface area contributed by atoms with E-state index < -0.39 is 44.0 Å². The van der Waals surface area contributed by atoms with Crippen molar-refractivity contribution in [1.29, 1.82) is 0 Å². The number of amides is 1. The third-order valence-corrected chi connectivity index (χ3v) is 12.2. The van der Waals surface area contributed by atoms with Crippen LogP contribution in [0.15, 0.2) is 56.8 Å². The maximum Gasteiger partial charge on any atom is 0.267 e. The van der Waals surface area contributed by atoms with Crippen molar-refractivity contribution in [1.82, 2.24) is 14.4 Å². The normalized spacial score (nSPS) is 20.7. The molecule has 3 aromatic rings. The number of ether oxygens (including phenoxy) is 2. The fourth-order valence-corrected chi connectivity index (χ4v) is 8.34. The minimum Gasteiger partial charge on any atom is -0.490 e. The minimum atomic E-state index is -4.12. The number of aliphatic hydroxyl groups is 1. The zero-order chi connectivity index (χ0) is 36.1. The van der Waals surface area contributed by atoms with Crippen LogP contribution in [0.2, 0.25) is 5.02 Å². The number of sulfonamides is 2. The monoisotopic (exact) mass is 740 g/mol. The summed E-state index contributed by atoms with van der Waals surface area (Å²) in [5.41, 5.74) is 0.400. The highest BCUT2D eigenvalue weighted by molar-refractivity contribution is 7.92. The van der Waals surface area contributed by atoms with E-state index in [1.165, 1.54) is 66.5 Å². The van der Waals surface area contributed by atoms with Crippen molar-refractivity contribution < 1.29 is 40.7 Å². The van der Waals surface area contributed by atoms with Crippen LogP contribution in [-0.2, 0) is 24.8 Å². The minimum absolute atomic E-state index is 0.00535. The largest absolute Gasteiger partial charge is 0.490 e. The fraction of sp³-hybridized carbons (Fsp3) is 0.515. The number of likely N-dealkylation sites (N-methyl/N-ethyl adjacent to an activating group) is 1. The molecule has 0 saturated carbocycles. The van der Waals surface area contributed by atoms with Gasteiger partial charge in [0, 0.05) is 43.4 Å². The Morgan fingerprint density at radius 2 is 1.80 bits per heavy atom. The summed E-state index contributed by atoms with van der Waals surface area (Å²) in [6.45, 7) is 8.54. The summed E-state index contributed by atoms with van der Waals surface area (Å²) in [5, 5.41) is 14.4. The number of rotatable bonds is 9. The molecule has 0 bridgehead atoms. The molecule has 1 aliphatic heterocycles. The number of hydrogen-bond donors (Lipinski definition) is 2. The molecule has 0 unspecified atom stereocenters. The summed E-state index contributed by atoms with van der Waals surface area (Å²) in [6, 6.07) is 9.73. The van der Waals surface area contributed by atoms with E-state index >= 15 is 0 Å². The van der Waals surface area contributed by atoms with Crippen LogP contribution in [0.25, 0.3) is 0 Å². The molecule has 49 heavy (non-hydrogen) atoms. The number of carbonyl (C=O) groups excluding carboxylic acids is 1. The summed E-state index contributed by atoms with van der Waals surface area (Å²) in [4.78, 5) is 15.9. The van der Waals surface area contributed by atoms with Gasteiger partial charge in [0.2, 0.25) is 10.0 Å². The number of nitrogens with zero attached hydrogens (tertiary/aromatic N) is 3. The fourth-order valence-electron chi connectivity index (χ4n) is 5.65. The van der Waals surface area contributed by atoms with Crippen LogP contribution >= 0.6 is 11.6 Å². The van der Waals surface area contributed by atoms with Gasteiger partial charge in [0.25, 0.3) is 15.9 Å². The Morgan fingerprint density at radius 1 is 1.10 bits per heavy atom. The molecule has 2 aromatic carbocycles. The smallest absolute Gasteiger partial charge is 0.267 e. The lowest BCUT2D eigenvalue weighted by atomic mass is 10.0. The maximum atomic E-state index is 14.4. The molecule has 270 valence electrons. The average Bonchev–Trinajstić information content (AvgIpc) is 3.40. The van der Waals surface area contributed by atoms with Crippen molar-refractivity contribution >= 4 is 43.2 Å². The second kappa shape index (κ2) is 16.2. The summed E-state index contributed by atoms with van der Waals surface area (Å²) >= 11 is 5.98. The van der Waals surface area contributed by atoms with Gasteiger partial charge in [0.05, 0.1) is 35.3 Å². The van der Waals surface area contributed by atoms with Crippen LogP contribution < -0.4 is 9.46 Å². The Bertz CT molecular complexity index is 1800. The van der Waals surface area contributed by atoms with Gasteiger partial charge in [-0.15, -0.1) is 0 Å². The van der Waals surface area contributed by atoms with Gasteiger partial charge in [0.1, 0.15) is 11.4 Å². The Hall–Kier alpha value is -3.21. The van der Waals surface area contributed by atoms with Crippen LogP contribution in [-0.4, -0.2) is 93.8 Å². The number of aromatic nitrogens is 1. The van der Waals surface area contributed by atoms with Gasteiger partial charge in [-0.05, 0) is 89.4 Å². The zero-order valence-electron chi connectivity index (χ0n) is 28.5. The van der Waals surface area contributed by atoms with E-state index in [0.717, 1.165) is 6.42 Å². The number of hydrogen-bond acceptors (Lipinski definition) is 10. The first-order valence-electron chi connectivity index (χ1n) is 16.1. The number of aliphatic hydroxyl groups excluding tert-OH is 1. The maximum absolute atomic E-state index is 14.4. The molecule has 2 N–H and O–H groups in total. The molecule has 0 fully saturated rings. The molecule has 4 rings (SSSR count). The highest BCUT2D eigenvalue weighted by Crippen LogP contribution is 2.31. The molecular formula is C33H45ClN4O9S2. The number of benzene rings is 2. The first kappa shape index (κ1) is 38.6. The number of halogens is 1. The Morgan fingerprint density at radius 3 is 2.43 bits per heavy atom. The summed E-state index contributed by atoms with van der Waals surface area (Å²) in [5.74, 6) is -0.517. The summed E-state index contributed by atoms with van der Waals surface area (Å²) < 4.78 is 74.8. The van der Waals surface area contributed by atoms with Gasteiger partial charge >= 0.3 is 0 Å². The van der Waals surface area contributed by atoms with E-state index in [0.29, 0.717) is 24.5 Å². The number of nitrogens with one attached hydrogen (secondary N) is 1. The van der Waals surface area contributed by atoms with Gasteiger partial charge in [0.15, 0.2) is 10.7 Å². The average molecular weight is 741 g/mol. The van der Waals surface area contributed by atoms with Crippen LogP contribution in [0.1, 0.15) is 61.8 Å². The Balaban J connectivity index is 1.69. The first-order valence-corrected chi connectivity index (χ1v) is 19.4. The number of fused-ring (bicyclic) bond motifs is 1. The van der Waals surface area contributed by atoms with Crippen LogP contribution in [0.4, 0.5) is 5.69 Å². The van der Waals surface area contributed by atoms with Crippen molar-refractivity contribution in [3.63, 3.8) is 0 Å². The molecule has 16 heteroatoms. The third kappa shape index (κ3) is 9.32. The first-order chi connectivity index (χ1) is 23.0. The second-order valence-electron chi connectivity index (χ2n) is 12.5. The molecule has 1 aromatic heterocycles. The molecule has 0 aliphatic carbocycles. The lowest BCUT2D eigenvalue weighted by Gasteiger charge is -2.35. The summed E-state index contributed by atoms with van der Waals surface area (Å²) in [7, 11) is -6.53. The lowest BCUT2D eigenvalue weighted by molar-refractivity contribution is -0.00833. The molecule has 13 nitrogen and oxygen atoms in total. The molecular weight excluding hydrogens is 696 g/mol. The van der Waals surface area contributed by atoms with Crippen molar-refractivity contribution in [2.24, 2.45) is 5.92 Å². The number of aryl methyl sites for hydroxylation is 2. The number of anilines is 1. The van der Waals surface area contributed by atoms with Gasteiger partial charge in [-0.3, -0.25) is 9.52 Å². The standard InChI is InChI=1S/C33H45ClN4O9S2/c1-21-18-38(22(2)20-39)33(40)29-17-27(36-48(41,42)32-24(4)35-47-25(32)5)12-15-30(29)46-23(3)9-7-8-16-45-31(21)19-37(6)49(43,44)28-13-10-26(34)11-14-28/h10-15,17,21-23,31,36,39H,7-9,16,18-20H2,1-6H3/t21-,22+,23+,31-/m0/s1. The van der Waals surface area contributed by atoms with E-state index in [2.05, 4.69) is 9.88 Å². The second-order valence-corrected chi connectivity index (χ2v) is 16.6. The van der Waals surface area contributed by atoms with Crippen LogP contribution in [0.3, 0.4) is 0 Å². The molecule has 0 saturated heterocycles. The topological polar surface area (TPSA) is 169 Å². The molecule has 1 amide bonds.